The summed E-state index contributed by atoms with van der Waals surface area (Å²) in [6.07, 6.45) is 0. The summed E-state index contributed by atoms with van der Waals surface area (Å²) in [5.41, 5.74) is 1.14. The summed E-state index contributed by atoms with van der Waals surface area (Å²) in [6, 6.07) is 5.06. The number of carbonyl (C=O) groups is 2. The number of carbonyl (C=O) groups excluding carboxylic acids is 2. The first-order chi connectivity index (χ1) is 9.36. The molecule has 1 unspecified atom stereocenters. The van der Waals surface area contributed by atoms with E-state index in [0.717, 1.165) is 0 Å². The van der Waals surface area contributed by atoms with Crippen LogP contribution in [-0.4, -0.2) is 23.1 Å². The molecule has 0 aliphatic heterocycles. The molecule has 20 heavy (non-hydrogen) atoms. The first-order valence-corrected chi connectivity index (χ1v) is 7.54. The Labute approximate surface area is 128 Å². The van der Waals surface area contributed by atoms with E-state index >= 15 is 0 Å². The Morgan fingerprint density at radius 1 is 1.30 bits per heavy atom. The van der Waals surface area contributed by atoms with Gasteiger partial charge in [0, 0.05) is 11.5 Å². The van der Waals surface area contributed by atoms with Crippen molar-refractivity contribution < 1.29 is 14.3 Å². The summed E-state index contributed by atoms with van der Waals surface area (Å²) in [7, 11) is 0. The molecule has 1 atom stereocenters. The third kappa shape index (κ3) is 4.34. The second-order valence-electron chi connectivity index (χ2n) is 4.77. The van der Waals surface area contributed by atoms with Crippen LogP contribution in [0, 0.1) is 5.92 Å². The van der Waals surface area contributed by atoms with Crippen molar-refractivity contribution in [2.24, 2.45) is 5.92 Å². The minimum atomic E-state index is -0.256. The second-order valence-corrected chi connectivity index (χ2v) is 6.14. The lowest BCUT2D eigenvalue weighted by Crippen LogP contribution is -2.19. The molecule has 0 saturated carbocycles. The molecule has 0 aromatic heterocycles. The van der Waals surface area contributed by atoms with Gasteiger partial charge in [-0.25, -0.2) is 0 Å². The quantitative estimate of drug-likeness (QED) is 0.634. The zero-order valence-corrected chi connectivity index (χ0v) is 13.8. The molecular weight excluding hydrogens is 322 g/mol. The van der Waals surface area contributed by atoms with Gasteiger partial charge < -0.3 is 10.1 Å². The lowest BCUT2D eigenvalue weighted by molar-refractivity contribution is -0.118. The van der Waals surface area contributed by atoms with Gasteiger partial charge >= 0.3 is 0 Å². The molecule has 0 fully saturated rings. The number of ketones is 1. The van der Waals surface area contributed by atoms with E-state index in [0.29, 0.717) is 23.6 Å². The minimum absolute atomic E-state index is 0.0207. The first kappa shape index (κ1) is 16.7. The lowest BCUT2D eigenvalue weighted by atomic mass is 10.1. The molecule has 0 bridgehead atoms. The molecule has 1 N–H and O–H groups in total. The number of halogens is 1. The monoisotopic (exact) mass is 341 g/mol. The van der Waals surface area contributed by atoms with Gasteiger partial charge in [0.25, 0.3) is 0 Å². The zero-order chi connectivity index (χ0) is 15.3. The number of ether oxygens (including phenoxy) is 1. The molecule has 5 heteroatoms. The van der Waals surface area contributed by atoms with E-state index in [1.165, 1.54) is 0 Å². The highest BCUT2D eigenvalue weighted by Gasteiger charge is 2.16. The Kier molecular flexibility index (Phi) is 6.20. The maximum absolute atomic E-state index is 12.0. The van der Waals surface area contributed by atoms with Gasteiger partial charge in [0.1, 0.15) is 5.75 Å². The number of alkyl halides is 1. The van der Waals surface area contributed by atoms with Crippen LogP contribution in [0.3, 0.4) is 0 Å². The summed E-state index contributed by atoms with van der Waals surface area (Å²) in [5, 5.41) is 2.80. The number of nitrogens with one attached hydrogen (secondary N) is 1. The van der Waals surface area contributed by atoms with Gasteiger partial charge in [-0.1, -0.05) is 29.8 Å². The molecule has 0 spiro atoms. The molecule has 0 heterocycles. The summed E-state index contributed by atoms with van der Waals surface area (Å²) in [4.78, 5) is 23.5. The minimum Gasteiger partial charge on any atom is -0.492 e. The number of benzene rings is 1. The van der Waals surface area contributed by atoms with E-state index < -0.39 is 0 Å². The fourth-order valence-corrected chi connectivity index (χ4v) is 1.82. The second kappa shape index (κ2) is 7.43. The molecule has 1 amide bonds. The maximum Gasteiger partial charge on any atom is 0.227 e. The molecular formula is C15H20BrNO3. The van der Waals surface area contributed by atoms with E-state index in [1.807, 2.05) is 20.8 Å². The van der Waals surface area contributed by atoms with Crippen molar-refractivity contribution in [1.29, 1.82) is 0 Å². The van der Waals surface area contributed by atoms with Crippen LogP contribution in [0.4, 0.5) is 5.69 Å². The van der Waals surface area contributed by atoms with Crippen LogP contribution in [0.15, 0.2) is 18.2 Å². The number of rotatable bonds is 6. The predicted molar refractivity (Wildman–Crippen MR) is 83.8 cm³/mol. The molecule has 1 rings (SSSR count). The Hall–Kier alpha value is -1.36. The number of anilines is 1. The van der Waals surface area contributed by atoms with Crippen molar-refractivity contribution in [3.63, 3.8) is 0 Å². The van der Waals surface area contributed by atoms with Gasteiger partial charge in [-0.05, 0) is 32.0 Å². The van der Waals surface area contributed by atoms with Crippen molar-refractivity contribution in [2.75, 3.05) is 11.9 Å². The van der Waals surface area contributed by atoms with Crippen molar-refractivity contribution in [2.45, 2.75) is 32.5 Å². The number of hydrogen-bond donors (Lipinski definition) is 1. The highest BCUT2D eigenvalue weighted by Crippen LogP contribution is 2.27. The fourth-order valence-electron chi connectivity index (χ4n) is 1.56. The maximum atomic E-state index is 12.0. The summed E-state index contributed by atoms with van der Waals surface area (Å²) < 4.78 is 5.51. The summed E-state index contributed by atoms with van der Waals surface area (Å²) >= 11 is 3.26. The molecule has 0 saturated heterocycles. The average Bonchev–Trinajstić information content (AvgIpc) is 2.39. The Morgan fingerprint density at radius 3 is 2.45 bits per heavy atom. The van der Waals surface area contributed by atoms with Crippen LogP contribution >= 0.6 is 15.9 Å². The molecule has 4 nitrogen and oxygen atoms in total. The van der Waals surface area contributed by atoms with E-state index in [-0.39, 0.29) is 22.4 Å². The molecule has 1 aromatic rings. The Morgan fingerprint density at radius 2 is 1.95 bits per heavy atom. The fraction of sp³-hybridized carbons (Fsp3) is 0.467. The van der Waals surface area contributed by atoms with Gasteiger partial charge in [-0.15, -0.1) is 0 Å². The molecule has 0 radical (unpaired) electrons. The average molecular weight is 342 g/mol. The molecule has 0 aliphatic rings. The van der Waals surface area contributed by atoms with Gasteiger partial charge in [-0.3, -0.25) is 9.59 Å². The number of hydrogen-bond acceptors (Lipinski definition) is 3. The van der Waals surface area contributed by atoms with Gasteiger partial charge in [0.2, 0.25) is 5.91 Å². The van der Waals surface area contributed by atoms with Crippen LogP contribution in [0.1, 0.15) is 38.1 Å². The van der Waals surface area contributed by atoms with E-state index in [4.69, 9.17) is 4.74 Å². The number of amides is 1. The van der Waals surface area contributed by atoms with Crippen LogP contribution in [-0.2, 0) is 4.79 Å². The predicted octanol–water partition coefficient (Wildman–Crippen LogP) is 3.65. The van der Waals surface area contributed by atoms with Crippen LogP contribution in [0.2, 0.25) is 0 Å². The van der Waals surface area contributed by atoms with E-state index in [2.05, 4.69) is 21.2 Å². The normalized spacial score (nSPS) is 12.1. The van der Waals surface area contributed by atoms with Crippen molar-refractivity contribution >= 4 is 33.3 Å². The van der Waals surface area contributed by atoms with Crippen molar-refractivity contribution in [3.05, 3.63) is 23.8 Å². The van der Waals surface area contributed by atoms with Crippen LogP contribution < -0.4 is 10.1 Å². The van der Waals surface area contributed by atoms with Crippen molar-refractivity contribution in [1.82, 2.24) is 0 Å². The topological polar surface area (TPSA) is 55.4 Å². The standard InChI is InChI=1S/C15H20BrNO3/c1-5-20-13-8-11(14(18)10(4)16)6-7-12(13)17-15(19)9(2)3/h6-10H,5H2,1-4H3,(H,17,19). The zero-order valence-electron chi connectivity index (χ0n) is 12.2. The van der Waals surface area contributed by atoms with Crippen LogP contribution in [0.25, 0.3) is 0 Å². The SMILES string of the molecule is CCOc1cc(C(=O)C(C)Br)ccc1NC(=O)C(C)C. The molecule has 110 valence electrons. The molecule has 1 aromatic carbocycles. The largest absolute Gasteiger partial charge is 0.492 e. The van der Waals surface area contributed by atoms with Gasteiger partial charge in [0.05, 0.1) is 17.1 Å². The number of Topliss-reactive ketones (excluding diaryl/α,β-unsaturated/α-hetero) is 1. The first-order valence-electron chi connectivity index (χ1n) is 6.62. The molecule has 0 aliphatic carbocycles. The highest BCUT2D eigenvalue weighted by molar-refractivity contribution is 9.10. The Bertz CT molecular complexity index is 498. The van der Waals surface area contributed by atoms with Gasteiger partial charge in [-0.2, -0.15) is 0 Å². The van der Waals surface area contributed by atoms with E-state index in [1.54, 1.807) is 25.1 Å². The van der Waals surface area contributed by atoms with Crippen LogP contribution in [0.5, 0.6) is 5.75 Å². The Balaban J connectivity index is 3.07. The summed E-state index contributed by atoms with van der Waals surface area (Å²) in [5.74, 6) is 0.292. The van der Waals surface area contributed by atoms with E-state index in [9.17, 15) is 9.59 Å². The smallest absolute Gasteiger partial charge is 0.227 e. The van der Waals surface area contributed by atoms with Crippen molar-refractivity contribution in [3.8, 4) is 5.75 Å². The lowest BCUT2D eigenvalue weighted by Gasteiger charge is -2.14. The third-order valence-electron chi connectivity index (χ3n) is 2.71. The third-order valence-corrected chi connectivity index (χ3v) is 3.13. The summed E-state index contributed by atoms with van der Waals surface area (Å²) in [6.45, 7) is 7.74. The highest BCUT2D eigenvalue weighted by atomic mass is 79.9. The van der Waals surface area contributed by atoms with Gasteiger partial charge in [0.15, 0.2) is 5.78 Å².